The summed E-state index contributed by atoms with van der Waals surface area (Å²) in [6.07, 6.45) is 3.19. The van der Waals surface area contributed by atoms with Gasteiger partial charge in [0.25, 0.3) is 0 Å². The van der Waals surface area contributed by atoms with Crippen LogP contribution in [0.25, 0.3) is 0 Å². The van der Waals surface area contributed by atoms with E-state index in [4.69, 9.17) is 4.74 Å². The van der Waals surface area contributed by atoms with Gasteiger partial charge >= 0.3 is 0 Å². The van der Waals surface area contributed by atoms with Gasteiger partial charge in [-0.3, -0.25) is 4.79 Å². The fourth-order valence-electron chi connectivity index (χ4n) is 2.57. The summed E-state index contributed by atoms with van der Waals surface area (Å²) >= 11 is 0. The lowest BCUT2D eigenvalue weighted by Crippen LogP contribution is -2.42. The molecule has 0 bridgehead atoms. The molecule has 0 saturated carbocycles. The molecule has 1 amide bonds. The second-order valence-electron chi connectivity index (χ2n) is 5.16. The fraction of sp³-hybridized carbons (Fsp3) is 0.923. The number of hydrogen-bond acceptors (Lipinski definition) is 4. The molecule has 2 aliphatic heterocycles. The molecule has 0 aromatic rings. The molecule has 104 valence electrons. The Morgan fingerprint density at radius 2 is 2.22 bits per heavy atom. The normalized spacial score (nSPS) is 25.1. The van der Waals surface area contributed by atoms with Crippen molar-refractivity contribution < 1.29 is 9.53 Å². The first kappa shape index (κ1) is 13.8. The number of morpholine rings is 1. The highest BCUT2D eigenvalue weighted by Gasteiger charge is 2.16. The highest BCUT2D eigenvalue weighted by Crippen LogP contribution is 2.08. The fourth-order valence-corrected chi connectivity index (χ4v) is 2.57. The molecule has 1 unspecified atom stereocenters. The molecule has 2 aliphatic rings. The van der Waals surface area contributed by atoms with Gasteiger partial charge in [0.15, 0.2) is 0 Å². The SMILES string of the molecule is O=C(CCNCC1CCCNC1)N1CCOCC1. The zero-order valence-corrected chi connectivity index (χ0v) is 11.1. The zero-order chi connectivity index (χ0) is 12.6. The quantitative estimate of drug-likeness (QED) is 0.670. The summed E-state index contributed by atoms with van der Waals surface area (Å²) in [7, 11) is 0. The van der Waals surface area contributed by atoms with Crippen molar-refractivity contribution in [2.75, 3.05) is 52.5 Å². The van der Waals surface area contributed by atoms with Crippen molar-refractivity contribution in [3.63, 3.8) is 0 Å². The van der Waals surface area contributed by atoms with Crippen LogP contribution in [-0.4, -0.2) is 63.3 Å². The molecular formula is C13H25N3O2. The Labute approximate surface area is 109 Å². The van der Waals surface area contributed by atoms with Gasteiger partial charge in [0.1, 0.15) is 0 Å². The number of nitrogens with zero attached hydrogens (tertiary/aromatic N) is 1. The summed E-state index contributed by atoms with van der Waals surface area (Å²) in [4.78, 5) is 13.8. The number of amides is 1. The largest absolute Gasteiger partial charge is 0.378 e. The van der Waals surface area contributed by atoms with E-state index in [9.17, 15) is 4.79 Å². The van der Waals surface area contributed by atoms with Crippen molar-refractivity contribution in [1.29, 1.82) is 0 Å². The van der Waals surface area contributed by atoms with Crippen molar-refractivity contribution in [3.05, 3.63) is 0 Å². The first-order valence-electron chi connectivity index (χ1n) is 7.13. The van der Waals surface area contributed by atoms with Gasteiger partial charge in [-0.05, 0) is 38.4 Å². The second kappa shape index (κ2) is 7.71. The Bertz CT molecular complexity index is 249. The summed E-state index contributed by atoms with van der Waals surface area (Å²) < 4.78 is 5.24. The molecule has 5 heteroatoms. The van der Waals surface area contributed by atoms with Crippen molar-refractivity contribution in [1.82, 2.24) is 15.5 Å². The molecule has 0 aliphatic carbocycles. The Morgan fingerprint density at radius 3 is 2.94 bits per heavy atom. The lowest BCUT2D eigenvalue weighted by Gasteiger charge is -2.27. The van der Waals surface area contributed by atoms with Crippen molar-refractivity contribution >= 4 is 5.91 Å². The van der Waals surface area contributed by atoms with Gasteiger partial charge in [-0.15, -0.1) is 0 Å². The van der Waals surface area contributed by atoms with Crippen LogP contribution in [0, 0.1) is 5.92 Å². The maximum Gasteiger partial charge on any atom is 0.224 e. The van der Waals surface area contributed by atoms with Gasteiger partial charge in [0.05, 0.1) is 13.2 Å². The van der Waals surface area contributed by atoms with E-state index in [0.717, 1.165) is 45.2 Å². The van der Waals surface area contributed by atoms with Gasteiger partial charge in [-0.2, -0.15) is 0 Å². The van der Waals surface area contributed by atoms with Gasteiger partial charge in [-0.25, -0.2) is 0 Å². The van der Waals surface area contributed by atoms with Crippen LogP contribution in [0.1, 0.15) is 19.3 Å². The van der Waals surface area contributed by atoms with Crippen LogP contribution < -0.4 is 10.6 Å². The van der Waals surface area contributed by atoms with Crippen molar-refractivity contribution in [3.8, 4) is 0 Å². The molecule has 5 nitrogen and oxygen atoms in total. The third kappa shape index (κ3) is 4.55. The minimum atomic E-state index is 0.257. The molecule has 2 N–H and O–H groups in total. The minimum absolute atomic E-state index is 0.257. The van der Waals surface area contributed by atoms with Crippen LogP contribution in [0.3, 0.4) is 0 Å². The maximum absolute atomic E-state index is 11.9. The molecule has 2 heterocycles. The van der Waals surface area contributed by atoms with Crippen LogP contribution in [-0.2, 0) is 9.53 Å². The molecule has 2 fully saturated rings. The number of rotatable bonds is 5. The predicted molar refractivity (Wildman–Crippen MR) is 70.5 cm³/mol. The van der Waals surface area contributed by atoms with Crippen LogP contribution in [0.2, 0.25) is 0 Å². The number of nitrogens with one attached hydrogen (secondary N) is 2. The number of carbonyl (C=O) groups is 1. The molecular weight excluding hydrogens is 230 g/mol. The molecule has 0 aromatic heterocycles. The summed E-state index contributed by atoms with van der Waals surface area (Å²) in [6.45, 7) is 6.99. The molecule has 0 aromatic carbocycles. The van der Waals surface area contributed by atoms with E-state index < -0.39 is 0 Å². The minimum Gasteiger partial charge on any atom is -0.378 e. The Balaban J connectivity index is 1.52. The maximum atomic E-state index is 11.9. The average molecular weight is 255 g/mol. The van der Waals surface area contributed by atoms with Crippen LogP contribution in [0.5, 0.6) is 0 Å². The first-order chi connectivity index (χ1) is 8.86. The molecule has 0 radical (unpaired) electrons. The zero-order valence-electron chi connectivity index (χ0n) is 11.1. The van der Waals surface area contributed by atoms with E-state index >= 15 is 0 Å². The van der Waals surface area contributed by atoms with E-state index in [1.807, 2.05) is 4.90 Å². The molecule has 2 rings (SSSR count). The third-order valence-corrected chi connectivity index (χ3v) is 3.71. The summed E-state index contributed by atoms with van der Waals surface area (Å²) in [6, 6.07) is 0. The Morgan fingerprint density at radius 1 is 1.39 bits per heavy atom. The smallest absolute Gasteiger partial charge is 0.224 e. The van der Waals surface area contributed by atoms with Crippen LogP contribution >= 0.6 is 0 Å². The lowest BCUT2D eigenvalue weighted by molar-refractivity contribution is -0.135. The van der Waals surface area contributed by atoms with E-state index in [1.165, 1.54) is 12.8 Å². The summed E-state index contributed by atoms with van der Waals surface area (Å²) in [5.41, 5.74) is 0. The topological polar surface area (TPSA) is 53.6 Å². The van der Waals surface area contributed by atoms with E-state index in [2.05, 4.69) is 10.6 Å². The van der Waals surface area contributed by atoms with E-state index in [1.54, 1.807) is 0 Å². The second-order valence-corrected chi connectivity index (χ2v) is 5.16. The molecule has 2 saturated heterocycles. The van der Waals surface area contributed by atoms with Crippen LogP contribution in [0.4, 0.5) is 0 Å². The Kier molecular flexibility index (Phi) is 5.90. The standard InChI is InChI=1S/C13H25N3O2/c17-13(16-6-8-18-9-7-16)3-5-15-11-12-2-1-4-14-10-12/h12,14-15H,1-11H2. The van der Waals surface area contributed by atoms with Gasteiger partial charge < -0.3 is 20.3 Å². The third-order valence-electron chi connectivity index (χ3n) is 3.71. The average Bonchev–Trinajstić information content (AvgIpc) is 2.45. The number of hydrogen-bond donors (Lipinski definition) is 2. The number of ether oxygens (including phenoxy) is 1. The van der Waals surface area contributed by atoms with E-state index in [-0.39, 0.29) is 5.91 Å². The lowest BCUT2D eigenvalue weighted by atomic mass is 10.00. The summed E-state index contributed by atoms with van der Waals surface area (Å²) in [5.74, 6) is 0.991. The first-order valence-corrected chi connectivity index (χ1v) is 7.13. The Hall–Kier alpha value is -0.650. The van der Waals surface area contributed by atoms with Gasteiger partial charge in [0, 0.05) is 26.1 Å². The van der Waals surface area contributed by atoms with E-state index in [0.29, 0.717) is 19.6 Å². The number of carbonyl (C=O) groups excluding carboxylic acids is 1. The van der Waals surface area contributed by atoms with Crippen molar-refractivity contribution in [2.24, 2.45) is 5.92 Å². The number of piperidine rings is 1. The molecule has 18 heavy (non-hydrogen) atoms. The predicted octanol–water partition coefficient (Wildman–Crippen LogP) is -0.175. The molecule has 0 spiro atoms. The molecule has 1 atom stereocenters. The van der Waals surface area contributed by atoms with Gasteiger partial charge in [0.2, 0.25) is 5.91 Å². The van der Waals surface area contributed by atoms with Crippen LogP contribution in [0.15, 0.2) is 0 Å². The highest BCUT2D eigenvalue weighted by molar-refractivity contribution is 5.76. The van der Waals surface area contributed by atoms with Crippen molar-refractivity contribution in [2.45, 2.75) is 19.3 Å². The van der Waals surface area contributed by atoms with Gasteiger partial charge in [-0.1, -0.05) is 0 Å². The highest BCUT2D eigenvalue weighted by atomic mass is 16.5. The summed E-state index contributed by atoms with van der Waals surface area (Å²) in [5, 5.41) is 6.81. The monoisotopic (exact) mass is 255 g/mol.